The van der Waals surface area contributed by atoms with E-state index in [0.717, 1.165) is 6.42 Å². The van der Waals surface area contributed by atoms with Gasteiger partial charge in [-0.25, -0.2) is 9.69 Å². The van der Waals surface area contributed by atoms with Gasteiger partial charge in [0, 0.05) is 6.04 Å². The van der Waals surface area contributed by atoms with Crippen LogP contribution in [0.25, 0.3) is 0 Å². The number of imide groups is 1. The minimum absolute atomic E-state index is 0.0519. The van der Waals surface area contributed by atoms with Crippen molar-refractivity contribution >= 4 is 17.6 Å². The van der Waals surface area contributed by atoms with Gasteiger partial charge in [0.05, 0.1) is 5.69 Å². The number of nitrogens with zero attached hydrogens (tertiary/aromatic N) is 2. The van der Waals surface area contributed by atoms with Gasteiger partial charge in [0.2, 0.25) is 0 Å². The second-order valence-electron chi connectivity index (χ2n) is 7.00. The predicted octanol–water partition coefficient (Wildman–Crippen LogP) is 4.90. The second kappa shape index (κ2) is 7.29. The molecule has 1 saturated carbocycles. The summed E-state index contributed by atoms with van der Waals surface area (Å²) in [6.45, 7) is 0. The molecule has 1 saturated heterocycles. The molecule has 1 aromatic rings. The molecule has 154 valence electrons. The van der Waals surface area contributed by atoms with Crippen LogP contribution in [0.2, 0.25) is 0 Å². The van der Waals surface area contributed by atoms with E-state index in [1.54, 1.807) is 6.07 Å². The van der Waals surface area contributed by atoms with Crippen LogP contribution >= 0.6 is 0 Å². The summed E-state index contributed by atoms with van der Waals surface area (Å²) >= 11 is 0. The first kappa shape index (κ1) is 20.5. The molecule has 1 unspecified atom stereocenters. The number of urea groups is 1. The number of carbonyl (C=O) groups excluding carboxylic acids is 2. The average Bonchev–Trinajstić information content (AvgIpc) is 2.84. The molecule has 3 amide bonds. The normalized spacial score (nSPS) is 22.5. The van der Waals surface area contributed by atoms with E-state index in [2.05, 4.69) is 0 Å². The summed E-state index contributed by atoms with van der Waals surface area (Å²) in [5.74, 6) is -5.44. The number of hydrogen-bond donors (Lipinski definition) is 0. The average molecular weight is 408 g/mol. The topological polar surface area (TPSA) is 40.6 Å². The Labute approximate surface area is 157 Å². The lowest BCUT2D eigenvalue weighted by Gasteiger charge is -2.37. The molecule has 4 nitrogen and oxygen atoms in total. The third-order valence-corrected chi connectivity index (χ3v) is 5.19. The van der Waals surface area contributed by atoms with Gasteiger partial charge in [-0.05, 0) is 25.0 Å². The number of alkyl halides is 6. The number of hydrogen-bond acceptors (Lipinski definition) is 2. The van der Waals surface area contributed by atoms with Crippen molar-refractivity contribution < 1.29 is 35.9 Å². The number of anilines is 1. The van der Waals surface area contributed by atoms with E-state index < -0.39 is 42.3 Å². The van der Waals surface area contributed by atoms with E-state index in [-0.39, 0.29) is 18.5 Å². The number of halogens is 6. The van der Waals surface area contributed by atoms with Crippen molar-refractivity contribution in [3.05, 3.63) is 30.3 Å². The van der Waals surface area contributed by atoms with Crippen molar-refractivity contribution in [2.45, 2.75) is 56.5 Å². The van der Waals surface area contributed by atoms with Crippen LogP contribution in [0.3, 0.4) is 0 Å². The maximum absolute atomic E-state index is 13.4. The van der Waals surface area contributed by atoms with Gasteiger partial charge in [-0.3, -0.25) is 4.79 Å². The lowest BCUT2D eigenvalue weighted by Crippen LogP contribution is -2.56. The highest BCUT2D eigenvalue weighted by molar-refractivity contribution is 6.21. The lowest BCUT2D eigenvalue weighted by molar-refractivity contribution is -0.294. The molecule has 0 aromatic heterocycles. The monoisotopic (exact) mass is 408 g/mol. The van der Waals surface area contributed by atoms with Crippen LogP contribution in [0.1, 0.15) is 32.1 Å². The van der Waals surface area contributed by atoms with E-state index in [4.69, 9.17) is 0 Å². The molecule has 1 aliphatic carbocycles. The van der Waals surface area contributed by atoms with Crippen molar-refractivity contribution in [1.82, 2.24) is 4.90 Å². The van der Waals surface area contributed by atoms with Crippen LogP contribution in [0.4, 0.5) is 36.8 Å². The Morgan fingerprint density at radius 2 is 1.39 bits per heavy atom. The Hall–Kier alpha value is -2.26. The zero-order valence-electron chi connectivity index (χ0n) is 14.6. The molecule has 2 aliphatic rings. The summed E-state index contributed by atoms with van der Waals surface area (Å²) in [4.78, 5) is 26.6. The van der Waals surface area contributed by atoms with Crippen LogP contribution in [0, 0.1) is 5.92 Å². The minimum Gasteiger partial charge on any atom is -0.308 e. The molecule has 1 heterocycles. The van der Waals surface area contributed by atoms with Crippen LogP contribution in [0.15, 0.2) is 30.3 Å². The molecule has 3 rings (SSSR count). The maximum atomic E-state index is 13.4. The van der Waals surface area contributed by atoms with Gasteiger partial charge in [-0.2, -0.15) is 26.3 Å². The van der Waals surface area contributed by atoms with Crippen LogP contribution in [0.5, 0.6) is 0 Å². The quantitative estimate of drug-likeness (QED) is 0.528. The Morgan fingerprint density at radius 3 is 1.89 bits per heavy atom. The van der Waals surface area contributed by atoms with Crippen LogP contribution in [-0.4, -0.2) is 41.3 Å². The number of benzene rings is 1. The zero-order valence-corrected chi connectivity index (χ0v) is 14.6. The summed E-state index contributed by atoms with van der Waals surface area (Å²) in [7, 11) is 0. The van der Waals surface area contributed by atoms with Crippen molar-refractivity contribution in [2.75, 3.05) is 4.90 Å². The lowest BCUT2D eigenvalue weighted by atomic mass is 9.90. The first-order valence-corrected chi connectivity index (χ1v) is 8.88. The van der Waals surface area contributed by atoms with E-state index >= 15 is 0 Å². The summed E-state index contributed by atoms with van der Waals surface area (Å²) in [6.07, 6.45) is -8.99. The molecule has 0 N–H and O–H groups in total. The molecule has 28 heavy (non-hydrogen) atoms. The number of carbonyl (C=O) groups is 2. The Bertz CT molecular complexity index is 714. The third kappa shape index (κ3) is 3.68. The molecule has 0 spiro atoms. The molecule has 1 atom stereocenters. The summed E-state index contributed by atoms with van der Waals surface area (Å²) in [5, 5.41) is 0. The summed E-state index contributed by atoms with van der Waals surface area (Å²) in [6, 6.07) is 2.41. The van der Waals surface area contributed by atoms with Gasteiger partial charge in [0.1, 0.15) is 6.04 Å². The number of rotatable bonds is 3. The molecule has 0 radical (unpaired) electrons. The van der Waals surface area contributed by atoms with E-state index in [1.807, 2.05) is 0 Å². The van der Waals surface area contributed by atoms with Crippen molar-refractivity contribution in [2.24, 2.45) is 5.92 Å². The first-order chi connectivity index (χ1) is 13.0. The SMILES string of the molecule is O=C1C(C(C(F)(F)F)C(F)(F)F)N(C2CCCCC2)C(=O)N1c1ccccc1. The number of para-hydroxylation sites is 1. The molecular weight excluding hydrogens is 390 g/mol. The van der Waals surface area contributed by atoms with Gasteiger partial charge < -0.3 is 4.90 Å². The Kier molecular flexibility index (Phi) is 5.33. The molecule has 1 aliphatic heterocycles. The van der Waals surface area contributed by atoms with E-state index in [0.29, 0.717) is 22.6 Å². The predicted molar refractivity (Wildman–Crippen MR) is 87.4 cm³/mol. The fourth-order valence-electron chi connectivity index (χ4n) is 3.98. The summed E-state index contributed by atoms with van der Waals surface area (Å²) < 4.78 is 80.5. The molecule has 1 aromatic carbocycles. The van der Waals surface area contributed by atoms with E-state index in [1.165, 1.54) is 24.3 Å². The zero-order chi connectivity index (χ0) is 20.7. The first-order valence-electron chi connectivity index (χ1n) is 8.88. The van der Waals surface area contributed by atoms with Gasteiger partial charge in [0.15, 0.2) is 5.92 Å². The van der Waals surface area contributed by atoms with Gasteiger partial charge in [0.25, 0.3) is 5.91 Å². The smallest absolute Gasteiger partial charge is 0.308 e. The van der Waals surface area contributed by atoms with Crippen molar-refractivity contribution in [1.29, 1.82) is 0 Å². The largest absolute Gasteiger partial charge is 0.403 e. The van der Waals surface area contributed by atoms with Crippen LogP contribution in [-0.2, 0) is 4.79 Å². The number of amides is 3. The van der Waals surface area contributed by atoms with Gasteiger partial charge in [-0.1, -0.05) is 37.5 Å². The fourth-order valence-corrected chi connectivity index (χ4v) is 3.98. The van der Waals surface area contributed by atoms with Crippen molar-refractivity contribution in [3.8, 4) is 0 Å². The second-order valence-corrected chi connectivity index (χ2v) is 7.00. The van der Waals surface area contributed by atoms with Crippen molar-refractivity contribution in [3.63, 3.8) is 0 Å². The fraction of sp³-hybridized carbons (Fsp3) is 0.556. The molecule has 0 bridgehead atoms. The minimum atomic E-state index is -5.72. The Balaban J connectivity index is 2.10. The van der Waals surface area contributed by atoms with E-state index in [9.17, 15) is 35.9 Å². The van der Waals surface area contributed by atoms with Crippen LogP contribution < -0.4 is 4.90 Å². The molecule has 2 fully saturated rings. The van der Waals surface area contributed by atoms with Gasteiger partial charge in [-0.15, -0.1) is 0 Å². The Morgan fingerprint density at radius 1 is 0.857 bits per heavy atom. The highest BCUT2D eigenvalue weighted by Crippen LogP contribution is 2.47. The maximum Gasteiger partial charge on any atom is 0.403 e. The summed E-state index contributed by atoms with van der Waals surface area (Å²) in [5.41, 5.74) is -0.0519. The third-order valence-electron chi connectivity index (χ3n) is 5.19. The molecule has 10 heteroatoms. The highest BCUT2D eigenvalue weighted by Gasteiger charge is 2.68. The molecular formula is C18H18F6N2O2. The highest BCUT2D eigenvalue weighted by atomic mass is 19.4. The standard InChI is InChI=1S/C18H18F6N2O2/c19-17(20,21)14(18(22,23)24)13-15(27)26(12-9-5-2-6-10-12)16(28)25(13)11-7-3-1-4-8-11/h2,5-6,9-11,13-14H,1,3-4,7-8H2. The van der Waals surface area contributed by atoms with Gasteiger partial charge >= 0.3 is 18.4 Å².